The summed E-state index contributed by atoms with van der Waals surface area (Å²) in [7, 11) is 0. The smallest absolute Gasteiger partial charge is 0.349 e. The van der Waals surface area contributed by atoms with Crippen molar-refractivity contribution in [2.45, 2.75) is 19.4 Å². The van der Waals surface area contributed by atoms with Crippen molar-refractivity contribution in [2.24, 2.45) is 4.99 Å². The van der Waals surface area contributed by atoms with Crippen molar-refractivity contribution in [3.63, 3.8) is 0 Å². The predicted octanol–water partition coefficient (Wildman–Crippen LogP) is 7.46. The average Bonchev–Trinajstić information content (AvgIpc) is 3.21. The number of hydrogen-bond donors (Lipinski definition) is 2. The maximum Gasteiger partial charge on any atom is 0.349 e. The second-order valence-corrected chi connectivity index (χ2v) is 10.1. The summed E-state index contributed by atoms with van der Waals surface area (Å²) in [6, 6.07) is 33.4. The molecule has 1 unspecified atom stereocenters. The molecule has 3 heterocycles. The van der Waals surface area contributed by atoms with Gasteiger partial charge < -0.3 is 19.6 Å². The summed E-state index contributed by atoms with van der Waals surface area (Å²) in [4.78, 5) is 18.2. The summed E-state index contributed by atoms with van der Waals surface area (Å²) in [5.74, 6) is 1.04. The topological polar surface area (TPSA) is 102 Å². The van der Waals surface area contributed by atoms with Crippen LogP contribution in [0.1, 0.15) is 29.3 Å². The Morgan fingerprint density at radius 2 is 1.60 bits per heavy atom. The van der Waals surface area contributed by atoms with Gasteiger partial charge in [0.15, 0.2) is 0 Å². The molecule has 2 N–H and O–H groups in total. The van der Waals surface area contributed by atoms with Gasteiger partial charge in [0, 0.05) is 6.42 Å². The van der Waals surface area contributed by atoms with E-state index in [2.05, 4.69) is 5.32 Å². The van der Waals surface area contributed by atoms with E-state index in [1.54, 1.807) is 28.9 Å². The molecule has 0 saturated heterocycles. The molecule has 0 bridgehead atoms. The van der Waals surface area contributed by atoms with Gasteiger partial charge in [-0.1, -0.05) is 60.7 Å². The Morgan fingerprint density at radius 1 is 0.905 bits per heavy atom. The average molecular weight is 555 g/mol. The van der Waals surface area contributed by atoms with E-state index in [0.29, 0.717) is 34.0 Å². The molecule has 0 aliphatic carbocycles. The van der Waals surface area contributed by atoms with Crippen LogP contribution >= 0.6 is 0 Å². The second-order valence-electron chi connectivity index (χ2n) is 10.1. The van der Waals surface area contributed by atoms with Gasteiger partial charge in [-0.15, -0.1) is 0 Å². The van der Waals surface area contributed by atoms with Crippen molar-refractivity contribution < 1.29 is 14.3 Å². The van der Waals surface area contributed by atoms with Crippen molar-refractivity contribution in [1.82, 2.24) is 9.78 Å². The predicted molar refractivity (Wildman–Crippen MR) is 163 cm³/mol. The van der Waals surface area contributed by atoms with E-state index in [1.165, 1.54) is 0 Å². The maximum absolute atomic E-state index is 13.3. The first-order chi connectivity index (χ1) is 20.6. The molecule has 0 saturated carbocycles. The third-order valence-electron chi connectivity index (χ3n) is 7.33. The Morgan fingerprint density at radius 3 is 2.40 bits per heavy atom. The molecule has 1 aliphatic rings. The number of anilines is 1. The molecule has 8 heteroatoms. The highest BCUT2D eigenvalue weighted by molar-refractivity contribution is 6.08. The van der Waals surface area contributed by atoms with Crippen LogP contribution < -0.4 is 15.7 Å². The van der Waals surface area contributed by atoms with Gasteiger partial charge in [0.25, 0.3) is 0 Å². The highest BCUT2D eigenvalue weighted by Gasteiger charge is 2.32. The standard InChI is InChI=1S/C34H26N4O4/c1-21-30(33(41-23-14-6-3-7-15-23)38(37-21)22-12-4-2-5-13-22)27-20-28(36-26-18-10-9-17-25(26)35-27)31-32(39)24-16-8-11-19-29(24)42-34(31)40/h2-19,27,35,39H,20H2,1H3. The van der Waals surface area contributed by atoms with Crippen LogP contribution in [0.5, 0.6) is 17.4 Å². The largest absolute Gasteiger partial charge is 0.506 e. The number of aromatic nitrogens is 2. The Hall–Kier alpha value is -5.63. The zero-order valence-corrected chi connectivity index (χ0v) is 22.7. The molecular formula is C34H26N4O4. The van der Waals surface area contributed by atoms with E-state index in [4.69, 9.17) is 19.2 Å². The van der Waals surface area contributed by atoms with Crippen molar-refractivity contribution in [2.75, 3.05) is 5.32 Å². The molecule has 0 fully saturated rings. The fourth-order valence-electron chi connectivity index (χ4n) is 5.40. The first-order valence-electron chi connectivity index (χ1n) is 13.6. The van der Waals surface area contributed by atoms with E-state index in [9.17, 15) is 9.90 Å². The van der Waals surface area contributed by atoms with E-state index in [1.807, 2.05) is 91.9 Å². The number of benzene rings is 4. The monoisotopic (exact) mass is 554 g/mol. The third-order valence-corrected chi connectivity index (χ3v) is 7.33. The third kappa shape index (κ3) is 4.49. The SMILES string of the molecule is Cc1nn(-c2ccccc2)c(Oc2ccccc2)c1C1CC(c2c(O)c3ccccc3oc2=O)=Nc2ccccc2N1. The van der Waals surface area contributed by atoms with Crippen LogP contribution in [0.4, 0.5) is 11.4 Å². The summed E-state index contributed by atoms with van der Waals surface area (Å²) < 4.78 is 13.9. The Balaban J connectivity index is 1.42. The molecule has 7 rings (SSSR count). The van der Waals surface area contributed by atoms with Gasteiger partial charge in [-0.05, 0) is 55.5 Å². The van der Waals surface area contributed by atoms with Crippen LogP contribution in [0.2, 0.25) is 0 Å². The van der Waals surface area contributed by atoms with Crippen molar-refractivity contribution in [3.05, 3.63) is 136 Å². The number of hydrogen-bond acceptors (Lipinski definition) is 7. The number of rotatable bonds is 5. The minimum absolute atomic E-state index is 0.0378. The number of fused-ring (bicyclic) bond motifs is 2. The Kier molecular flexibility index (Phi) is 6.28. The Bertz CT molecular complexity index is 2010. The molecule has 8 nitrogen and oxygen atoms in total. The first-order valence-corrected chi connectivity index (χ1v) is 13.6. The minimum atomic E-state index is -0.652. The lowest BCUT2D eigenvalue weighted by atomic mass is 9.97. The number of aryl methyl sites for hydroxylation is 1. The summed E-state index contributed by atoms with van der Waals surface area (Å²) in [5, 5.41) is 20.3. The normalized spacial score (nSPS) is 14.5. The van der Waals surface area contributed by atoms with Crippen LogP contribution in [0, 0.1) is 6.92 Å². The van der Waals surface area contributed by atoms with Gasteiger partial charge in [0.2, 0.25) is 5.88 Å². The number of nitrogens with zero attached hydrogens (tertiary/aromatic N) is 3. The van der Waals surface area contributed by atoms with Gasteiger partial charge in [-0.3, -0.25) is 4.99 Å². The number of para-hydroxylation sites is 5. The van der Waals surface area contributed by atoms with Crippen LogP contribution in [-0.2, 0) is 0 Å². The molecule has 206 valence electrons. The first kappa shape index (κ1) is 25.3. The lowest BCUT2D eigenvalue weighted by Crippen LogP contribution is -2.20. The van der Waals surface area contributed by atoms with Crippen molar-refractivity contribution >= 4 is 28.1 Å². The van der Waals surface area contributed by atoms with E-state index < -0.39 is 11.7 Å². The van der Waals surface area contributed by atoms with Crippen LogP contribution in [0.25, 0.3) is 16.7 Å². The molecule has 0 spiro atoms. The number of nitrogens with one attached hydrogen (secondary N) is 1. The van der Waals surface area contributed by atoms with Gasteiger partial charge in [0.05, 0.1) is 45.5 Å². The molecular weight excluding hydrogens is 528 g/mol. The summed E-state index contributed by atoms with van der Waals surface area (Å²) in [5.41, 5.74) is 3.90. The van der Waals surface area contributed by atoms with Gasteiger partial charge in [-0.2, -0.15) is 5.10 Å². The molecule has 2 aromatic heterocycles. The summed E-state index contributed by atoms with van der Waals surface area (Å²) >= 11 is 0. The molecule has 42 heavy (non-hydrogen) atoms. The zero-order chi connectivity index (χ0) is 28.6. The van der Waals surface area contributed by atoms with Crippen LogP contribution in [0.15, 0.2) is 123 Å². The summed E-state index contributed by atoms with van der Waals surface area (Å²) in [6.45, 7) is 1.93. The highest BCUT2D eigenvalue weighted by atomic mass is 16.5. The maximum atomic E-state index is 13.3. The molecule has 6 aromatic rings. The molecule has 1 atom stereocenters. The second kappa shape index (κ2) is 10.4. The van der Waals surface area contributed by atoms with Crippen LogP contribution in [0.3, 0.4) is 0 Å². The molecule has 0 amide bonds. The highest BCUT2D eigenvalue weighted by Crippen LogP contribution is 2.42. The van der Waals surface area contributed by atoms with Gasteiger partial charge >= 0.3 is 5.63 Å². The lowest BCUT2D eigenvalue weighted by Gasteiger charge is -2.21. The number of aromatic hydroxyl groups is 1. The summed E-state index contributed by atoms with van der Waals surface area (Å²) in [6.07, 6.45) is 0.248. The van der Waals surface area contributed by atoms with E-state index >= 15 is 0 Å². The van der Waals surface area contributed by atoms with E-state index in [0.717, 1.165) is 22.6 Å². The molecule has 4 aromatic carbocycles. The quantitative estimate of drug-likeness (QED) is 0.215. The zero-order valence-electron chi connectivity index (χ0n) is 22.7. The minimum Gasteiger partial charge on any atom is -0.506 e. The van der Waals surface area contributed by atoms with Crippen LogP contribution in [-0.4, -0.2) is 20.6 Å². The number of ether oxygens (including phenoxy) is 1. The lowest BCUT2D eigenvalue weighted by molar-refractivity contribution is 0.436. The fraction of sp³-hybridized carbons (Fsp3) is 0.0882. The van der Waals surface area contributed by atoms with Crippen molar-refractivity contribution in [3.8, 4) is 23.1 Å². The Labute approximate surface area is 241 Å². The molecule has 1 aliphatic heterocycles. The fourth-order valence-corrected chi connectivity index (χ4v) is 5.40. The number of aliphatic imine (C=N–C) groups is 1. The van der Waals surface area contributed by atoms with Gasteiger partial charge in [0.1, 0.15) is 22.6 Å². The van der Waals surface area contributed by atoms with E-state index in [-0.39, 0.29) is 17.7 Å². The van der Waals surface area contributed by atoms with Crippen molar-refractivity contribution in [1.29, 1.82) is 0 Å². The molecule has 0 radical (unpaired) electrons. The van der Waals surface area contributed by atoms with Gasteiger partial charge in [-0.25, -0.2) is 9.48 Å².